The number of hydrogen-bond acceptors (Lipinski definition) is 3. The molecule has 148 valence electrons. The van der Waals surface area contributed by atoms with Crippen LogP contribution in [0.1, 0.15) is 31.2 Å². The highest BCUT2D eigenvalue weighted by Crippen LogP contribution is 2.37. The maximum Gasteiger partial charge on any atom is 0.170 e. The third kappa shape index (κ3) is 4.45. The molecule has 6 heteroatoms. The Kier molecular flexibility index (Phi) is 5.78. The van der Waals surface area contributed by atoms with Gasteiger partial charge in [-0.2, -0.15) is 0 Å². The number of halogens is 1. The first-order valence-corrected chi connectivity index (χ1v) is 10.2. The zero-order chi connectivity index (χ0) is 19.5. The molecule has 0 saturated carbocycles. The molecule has 0 aromatic heterocycles. The highest BCUT2D eigenvalue weighted by Gasteiger charge is 2.40. The van der Waals surface area contributed by atoms with Gasteiger partial charge < -0.3 is 15.4 Å². The second kappa shape index (κ2) is 8.45. The summed E-state index contributed by atoms with van der Waals surface area (Å²) in [6.45, 7) is 0.900. The predicted octanol–water partition coefficient (Wildman–Crippen LogP) is 4.32. The van der Waals surface area contributed by atoms with Crippen LogP contribution < -0.4 is 15.4 Å². The molecule has 2 saturated heterocycles. The van der Waals surface area contributed by atoms with E-state index in [-0.39, 0.29) is 5.82 Å². The monoisotopic (exact) mass is 399 g/mol. The summed E-state index contributed by atoms with van der Waals surface area (Å²) >= 11 is 5.52. The molecule has 2 N–H and O–H groups in total. The number of fused-ring (bicyclic) bond motifs is 2. The van der Waals surface area contributed by atoms with Crippen molar-refractivity contribution in [2.75, 3.05) is 12.4 Å². The third-order valence-electron chi connectivity index (χ3n) is 5.85. The molecule has 2 bridgehead atoms. The zero-order valence-electron chi connectivity index (χ0n) is 16.0. The summed E-state index contributed by atoms with van der Waals surface area (Å²) in [5.41, 5.74) is 2.14. The number of nitrogens with zero attached hydrogens (tertiary/aromatic N) is 1. The van der Waals surface area contributed by atoms with Crippen LogP contribution in [-0.4, -0.2) is 35.2 Å². The van der Waals surface area contributed by atoms with Crippen LogP contribution >= 0.6 is 12.2 Å². The molecule has 0 unspecified atom stereocenters. The Morgan fingerprint density at radius 2 is 1.71 bits per heavy atom. The number of hydrogen-bond donors (Lipinski definition) is 2. The van der Waals surface area contributed by atoms with Gasteiger partial charge in [-0.3, -0.25) is 4.90 Å². The summed E-state index contributed by atoms with van der Waals surface area (Å²) < 4.78 is 18.3. The summed E-state index contributed by atoms with van der Waals surface area (Å²) in [4.78, 5) is 2.59. The lowest BCUT2D eigenvalue weighted by Crippen LogP contribution is -2.50. The molecule has 2 aliphatic heterocycles. The van der Waals surface area contributed by atoms with Crippen molar-refractivity contribution in [3.05, 3.63) is 59.9 Å². The molecule has 2 atom stereocenters. The van der Waals surface area contributed by atoms with Crippen LogP contribution in [0.3, 0.4) is 0 Å². The Balaban J connectivity index is 1.31. The Labute approximate surface area is 171 Å². The molecule has 0 amide bonds. The van der Waals surface area contributed by atoms with E-state index in [0.717, 1.165) is 30.8 Å². The maximum atomic E-state index is 13.2. The fourth-order valence-corrected chi connectivity index (χ4v) is 4.76. The smallest absolute Gasteiger partial charge is 0.170 e. The Morgan fingerprint density at radius 3 is 2.32 bits per heavy atom. The van der Waals surface area contributed by atoms with Crippen molar-refractivity contribution in [1.29, 1.82) is 0 Å². The highest BCUT2D eigenvalue weighted by molar-refractivity contribution is 7.80. The highest BCUT2D eigenvalue weighted by atomic mass is 32.1. The molecule has 4 rings (SSSR count). The van der Waals surface area contributed by atoms with Crippen LogP contribution in [0.5, 0.6) is 5.75 Å². The van der Waals surface area contributed by atoms with Crippen molar-refractivity contribution in [3.63, 3.8) is 0 Å². The second-order valence-corrected chi connectivity index (χ2v) is 8.09. The quantitative estimate of drug-likeness (QED) is 0.733. The predicted molar refractivity (Wildman–Crippen MR) is 114 cm³/mol. The SMILES string of the molecule is COc1ccc(NC(=S)NC2C[C@H]3CC[C@H](C2)N3Cc2ccc(F)cc2)cc1. The average Bonchev–Trinajstić information content (AvgIpc) is 2.92. The third-order valence-corrected chi connectivity index (χ3v) is 6.07. The normalized spacial score (nSPS) is 24.0. The second-order valence-electron chi connectivity index (χ2n) is 7.68. The molecule has 0 spiro atoms. The van der Waals surface area contributed by atoms with Crippen molar-refractivity contribution >= 4 is 23.0 Å². The molecular weight excluding hydrogens is 373 g/mol. The minimum absolute atomic E-state index is 0.174. The van der Waals surface area contributed by atoms with E-state index >= 15 is 0 Å². The van der Waals surface area contributed by atoms with Gasteiger partial charge in [0.05, 0.1) is 7.11 Å². The van der Waals surface area contributed by atoms with Crippen LogP contribution in [0.15, 0.2) is 48.5 Å². The van der Waals surface area contributed by atoms with Gasteiger partial charge in [-0.15, -0.1) is 0 Å². The molecule has 2 fully saturated rings. The summed E-state index contributed by atoms with van der Waals surface area (Å²) in [5, 5.41) is 7.43. The maximum absolute atomic E-state index is 13.2. The van der Waals surface area contributed by atoms with E-state index in [1.807, 2.05) is 36.4 Å². The van der Waals surface area contributed by atoms with Gasteiger partial charge in [0.1, 0.15) is 11.6 Å². The Hall–Kier alpha value is -2.18. The molecule has 4 nitrogen and oxygen atoms in total. The van der Waals surface area contributed by atoms with E-state index in [4.69, 9.17) is 17.0 Å². The van der Waals surface area contributed by atoms with Gasteiger partial charge in [-0.1, -0.05) is 12.1 Å². The first-order chi connectivity index (χ1) is 13.6. The molecule has 2 aromatic carbocycles. The first-order valence-electron chi connectivity index (χ1n) is 9.82. The fourth-order valence-electron chi connectivity index (χ4n) is 4.48. The van der Waals surface area contributed by atoms with Crippen LogP contribution in [-0.2, 0) is 6.54 Å². The van der Waals surface area contributed by atoms with E-state index in [9.17, 15) is 4.39 Å². The van der Waals surface area contributed by atoms with E-state index in [0.29, 0.717) is 23.2 Å². The van der Waals surface area contributed by atoms with Gasteiger partial charge in [0.25, 0.3) is 0 Å². The van der Waals surface area contributed by atoms with Gasteiger partial charge in [0.2, 0.25) is 0 Å². The first kappa shape index (κ1) is 19.2. The molecular formula is C22H26FN3OS. The Morgan fingerprint density at radius 1 is 1.07 bits per heavy atom. The summed E-state index contributed by atoms with van der Waals surface area (Å²) in [6, 6.07) is 16.2. The largest absolute Gasteiger partial charge is 0.497 e. The lowest BCUT2D eigenvalue weighted by Gasteiger charge is -2.39. The van der Waals surface area contributed by atoms with Crippen molar-refractivity contribution < 1.29 is 9.13 Å². The molecule has 28 heavy (non-hydrogen) atoms. The number of methoxy groups -OCH3 is 1. The molecule has 2 aromatic rings. The molecule has 0 aliphatic carbocycles. The number of anilines is 1. The molecule has 2 aliphatic rings. The van der Waals surface area contributed by atoms with E-state index in [1.54, 1.807) is 19.2 Å². The number of benzene rings is 2. The van der Waals surface area contributed by atoms with Crippen molar-refractivity contribution in [2.24, 2.45) is 0 Å². The van der Waals surface area contributed by atoms with E-state index in [2.05, 4.69) is 15.5 Å². The van der Waals surface area contributed by atoms with Crippen LogP contribution in [0.4, 0.5) is 10.1 Å². The van der Waals surface area contributed by atoms with Gasteiger partial charge >= 0.3 is 0 Å². The summed E-state index contributed by atoms with van der Waals surface area (Å²) in [5.74, 6) is 0.655. The topological polar surface area (TPSA) is 36.5 Å². The lowest BCUT2D eigenvalue weighted by atomic mass is 9.96. The van der Waals surface area contributed by atoms with E-state index < -0.39 is 0 Å². The van der Waals surface area contributed by atoms with Gasteiger partial charge in [0, 0.05) is 30.4 Å². The van der Waals surface area contributed by atoms with Gasteiger partial charge in [-0.25, -0.2) is 4.39 Å². The fraction of sp³-hybridized carbons (Fsp3) is 0.409. The van der Waals surface area contributed by atoms with Crippen molar-refractivity contribution in [2.45, 2.75) is 50.4 Å². The molecule has 0 radical (unpaired) electrons. The number of thiocarbonyl (C=S) groups is 1. The van der Waals surface area contributed by atoms with Gasteiger partial charge in [-0.05, 0) is 79.9 Å². The standard InChI is InChI=1S/C22H26FN3OS/c1-27-21-10-6-17(7-11-21)24-22(28)25-18-12-19-8-9-20(13-18)26(19)14-15-2-4-16(23)5-3-15/h2-7,10-11,18-20H,8-9,12-14H2,1H3,(H2,24,25,28)/t19-,20-/m1/s1. The lowest BCUT2D eigenvalue weighted by molar-refractivity contribution is 0.115. The Bertz CT molecular complexity index is 798. The van der Waals surface area contributed by atoms with Crippen LogP contribution in [0.25, 0.3) is 0 Å². The van der Waals surface area contributed by atoms with Crippen molar-refractivity contribution in [3.8, 4) is 5.75 Å². The minimum atomic E-state index is -0.174. The average molecular weight is 400 g/mol. The summed E-state index contributed by atoms with van der Waals surface area (Å²) in [6.07, 6.45) is 4.62. The molecule has 2 heterocycles. The van der Waals surface area contributed by atoms with Crippen LogP contribution in [0.2, 0.25) is 0 Å². The van der Waals surface area contributed by atoms with Crippen molar-refractivity contribution in [1.82, 2.24) is 10.2 Å². The number of ether oxygens (including phenoxy) is 1. The number of nitrogens with one attached hydrogen (secondary N) is 2. The minimum Gasteiger partial charge on any atom is -0.497 e. The van der Waals surface area contributed by atoms with Gasteiger partial charge in [0.15, 0.2) is 5.11 Å². The number of piperidine rings is 1. The summed E-state index contributed by atoms with van der Waals surface area (Å²) in [7, 11) is 1.66. The van der Waals surface area contributed by atoms with Crippen LogP contribution in [0, 0.1) is 5.82 Å². The zero-order valence-corrected chi connectivity index (χ0v) is 16.8. The number of rotatable bonds is 5. The van der Waals surface area contributed by atoms with E-state index in [1.165, 1.54) is 18.4 Å².